The van der Waals surface area contributed by atoms with Gasteiger partial charge < -0.3 is 5.11 Å². The van der Waals surface area contributed by atoms with Gasteiger partial charge in [-0.05, 0) is 30.7 Å². The molecule has 0 unspecified atom stereocenters. The molecule has 0 saturated carbocycles. The van der Waals surface area contributed by atoms with E-state index in [0.29, 0.717) is 5.92 Å². The van der Waals surface area contributed by atoms with Crippen LogP contribution < -0.4 is 0 Å². The third-order valence-electron chi connectivity index (χ3n) is 2.90. The van der Waals surface area contributed by atoms with Gasteiger partial charge in [0, 0.05) is 0 Å². The number of benzene rings is 1. The zero-order valence-corrected chi connectivity index (χ0v) is 8.26. The van der Waals surface area contributed by atoms with Gasteiger partial charge in [0.2, 0.25) is 0 Å². The highest BCUT2D eigenvalue weighted by Gasteiger charge is 2.20. The minimum absolute atomic E-state index is 0.291. The van der Waals surface area contributed by atoms with E-state index < -0.39 is 0 Å². The second-order valence-corrected chi connectivity index (χ2v) is 3.90. The first-order valence-corrected chi connectivity index (χ1v) is 5.26. The average Bonchev–Trinajstić information content (AvgIpc) is 2.30. The zero-order valence-electron chi connectivity index (χ0n) is 8.26. The summed E-state index contributed by atoms with van der Waals surface area (Å²) in [5.41, 5.74) is 1.05. The molecule has 1 aliphatic rings. The lowest BCUT2D eigenvalue weighted by molar-refractivity contribution is 0.102. The highest BCUT2D eigenvalue weighted by Crippen LogP contribution is 2.31. The summed E-state index contributed by atoms with van der Waals surface area (Å²) in [5.74, 6) is 0.405. The van der Waals surface area contributed by atoms with E-state index in [9.17, 15) is 5.11 Å². The third kappa shape index (κ3) is 2.05. The Balaban J connectivity index is 2.08. The third-order valence-corrected chi connectivity index (χ3v) is 2.90. The molecule has 0 aliphatic heterocycles. The summed E-state index contributed by atoms with van der Waals surface area (Å²) in [6, 6.07) is 9.96. The highest BCUT2D eigenvalue weighted by atomic mass is 16.3. The molecule has 0 radical (unpaired) electrons. The van der Waals surface area contributed by atoms with Crippen molar-refractivity contribution >= 4 is 0 Å². The second-order valence-electron chi connectivity index (χ2n) is 3.90. The fourth-order valence-electron chi connectivity index (χ4n) is 2.03. The second kappa shape index (κ2) is 4.43. The molecule has 14 heavy (non-hydrogen) atoms. The molecule has 1 N–H and O–H groups in total. The van der Waals surface area contributed by atoms with Crippen LogP contribution in [0.2, 0.25) is 0 Å². The first-order chi connectivity index (χ1) is 6.88. The normalized spacial score (nSPS) is 23.4. The first kappa shape index (κ1) is 9.47. The van der Waals surface area contributed by atoms with E-state index in [4.69, 9.17) is 0 Å². The maximum absolute atomic E-state index is 10.1. The van der Waals surface area contributed by atoms with Gasteiger partial charge in [-0.1, -0.05) is 42.5 Å². The van der Waals surface area contributed by atoms with Gasteiger partial charge in [0.1, 0.15) is 0 Å². The Morgan fingerprint density at radius 3 is 2.57 bits per heavy atom. The van der Waals surface area contributed by atoms with Crippen LogP contribution in [0.25, 0.3) is 0 Å². The van der Waals surface area contributed by atoms with E-state index in [1.54, 1.807) is 0 Å². The SMILES string of the molecule is O[C@H](c1ccccc1)[C@H]1CC=CCC1. The molecule has 1 heteroatoms. The van der Waals surface area contributed by atoms with Crippen LogP contribution >= 0.6 is 0 Å². The molecular weight excluding hydrogens is 172 g/mol. The molecule has 2 rings (SSSR count). The van der Waals surface area contributed by atoms with E-state index in [1.165, 1.54) is 0 Å². The molecule has 0 saturated heterocycles. The summed E-state index contributed by atoms with van der Waals surface area (Å²) >= 11 is 0. The van der Waals surface area contributed by atoms with Crippen molar-refractivity contribution in [3.8, 4) is 0 Å². The lowest BCUT2D eigenvalue weighted by Crippen LogP contribution is -2.13. The molecule has 74 valence electrons. The summed E-state index contributed by atoms with van der Waals surface area (Å²) < 4.78 is 0. The van der Waals surface area contributed by atoms with E-state index >= 15 is 0 Å². The van der Waals surface area contributed by atoms with Crippen molar-refractivity contribution in [1.82, 2.24) is 0 Å². The molecule has 0 heterocycles. The quantitative estimate of drug-likeness (QED) is 0.707. The van der Waals surface area contributed by atoms with Crippen molar-refractivity contribution in [2.24, 2.45) is 5.92 Å². The Morgan fingerprint density at radius 1 is 1.14 bits per heavy atom. The monoisotopic (exact) mass is 188 g/mol. The largest absolute Gasteiger partial charge is 0.388 e. The summed E-state index contributed by atoms with van der Waals surface area (Å²) in [6.45, 7) is 0. The van der Waals surface area contributed by atoms with Crippen molar-refractivity contribution in [3.63, 3.8) is 0 Å². The van der Waals surface area contributed by atoms with Crippen LogP contribution in [0.4, 0.5) is 0 Å². The molecule has 0 aromatic heterocycles. The van der Waals surface area contributed by atoms with Crippen LogP contribution in [0.15, 0.2) is 42.5 Å². The molecule has 1 aromatic carbocycles. The number of hydrogen-bond acceptors (Lipinski definition) is 1. The number of rotatable bonds is 2. The van der Waals surface area contributed by atoms with Gasteiger partial charge in [0.25, 0.3) is 0 Å². The standard InChI is InChI=1S/C13H16O/c14-13(11-7-3-1-4-8-11)12-9-5-2-6-10-12/h1-5,7-8,12-14H,6,9-10H2/t12-,13+/m0/s1. The minimum Gasteiger partial charge on any atom is -0.388 e. The highest BCUT2D eigenvalue weighted by molar-refractivity contribution is 5.18. The number of aliphatic hydroxyl groups is 1. The lowest BCUT2D eigenvalue weighted by Gasteiger charge is -2.23. The Kier molecular flexibility index (Phi) is 3.00. The smallest absolute Gasteiger partial charge is 0.0821 e. The van der Waals surface area contributed by atoms with Crippen molar-refractivity contribution in [2.45, 2.75) is 25.4 Å². The van der Waals surface area contributed by atoms with Crippen LogP contribution in [0.1, 0.15) is 30.9 Å². The maximum Gasteiger partial charge on any atom is 0.0821 e. The van der Waals surface area contributed by atoms with Gasteiger partial charge in [-0.2, -0.15) is 0 Å². The summed E-state index contributed by atoms with van der Waals surface area (Å²) in [5, 5.41) is 10.1. The zero-order chi connectivity index (χ0) is 9.80. The predicted molar refractivity (Wildman–Crippen MR) is 57.9 cm³/mol. The molecule has 0 fully saturated rings. The maximum atomic E-state index is 10.1. The minimum atomic E-state index is -0.291. The van der Waals surface area contributed by atoms with Crippen molar-refractivity contribution < 1.29 is 5.11 Å². The van der Waals surface area contributed by atoms with Gasteiger partial charge in [-0.3, -0.25) is 0 Å². The number of hydrogen-bond donors (Lipinski definition) is 1. The average molecular weight is 188 g/mol. The Bertz CT molecular complexity index is 302. The Hall–Kier alpha value is -1.08. The van der Waals surface area contributed by atoms with Crippen molar-refractivity contribution in [2.75, 3.05) is 0 Å². The van der Waals surface area contributed by atoms with Gasteiger partial charge in [0.05, 0.1) is 6.10 Å². The van der Waals surface area contributed by atoms with Crippen LogP contribution in [0.5, 0.6) is 0 Å². The molecule has 2 atom stereocenters. The van der Waals surface area contributed by atoms with Crippen LogP contribution in [-0.4, -0.2) is 5.11 Å². The van der Waals surface area contributed by atoms with Crippen LogP contribution in [0, 0.1) is 5.92 Å². The van der Waals surface area contributed by atoms with E-state index in [2.05, 4.69) is 12.2 Å². The molecule has 1 nitrogen and oxygen atoms in total. The molecule has 1 aliphatic carbocycles. The fourth-order valence-corrected chi connectivity index (χ4v) is 2.03. The summed E-state index contributed by atoms with van der Waals surface area (Å²) in [6.07, 6.45) is 7.31. The summed E-state index contributed by atoms with van der Waals surface area (Å²) in [4.78, 5) is 0. The van der Waals surface area contributed by atoms with Crippen LogP contribution in [-0.2, 0) is 0 Å². The Labute approximate surface area is 85.1 Å². The lowest BCUT2D eigenvalue weighted by atomic mass is 9.86. The topological polar surface area (TPSA) is 20.2 Å². The molecule has 0 spiro atoms. The van der Waals surface area contributed by atoms with E-state index in [0.717, 1.165) is 24.8 Å². The molecular formula is C13H16O. The predicted octanol–water partition coefficient (Wildman–Crippen LogP) is 3.08. The van der Waals surface area contributed by atoms with E-state index in [-0.39, 0.29) is 6.10 Å². The Morgan fingerprint density at radius 2 is 1.93 bits per heavy atom. The van der Waals surface area contributed by atoms with Gasteiger partial charge in [-0.25, -0.2) is 0 Å². The van der Waals surface area contributed by atoms with Crippen molar-refractivity contribution in [3.05, 3.63) is 48.0 Å². The number of allylic oxidation sites excluding steroid dienone is 2. The molecule has 0 bridgehead atoms. The van der Waals surface area contributed by atoms with E-state index in [1.807, 2.05) is 30.3 Å². The first-order valence-electron chi connectivity index (χ1n) is 5.26. The van der Waals surface area contributed by atoms with Gasteiger partial charge in [0.15, 0.2) is 0 Å². The number of aliphatic hydroxyl groups excluding tert-OH is 1. The fraction of sp³-hybridized carbons (Fsp3) is 0.385. The summed E-state index contributed by atoms with van der Waals surface area (Å²) in [7, 11) is 0. The molecule has 0 amide bonds. The molecule has 1 aromatic rings. The van der Waals surface area contributed by atoms with Crippen molar-refractivity contribution in [1.29, 1.82) is 0 Å². The van der Waals surface area contributed by atoms with Crippen LogP contribution in [0.3, 0.4) is 0 Å². The van der Waals surface area contributed by atoms with Gasteiger partial charge in [-0.15, -0.1) is 0 Å². The van der Waals surface area contributed by atoms with Gasteiger partial charge >= 0.3 is 0 Å².